The summed E-state index contributed by atoms with van der Waals surface area (Å²) >= 11 is 6.15. The molecule has 1 fully saturated rings. The number of carbonyl (C=O) groups is 1. The summed E-state index contributed by atoms with van der Waals surface area (Å²) in [5.74, 6) is -0.928. The summed E-state index contributed by atoms with van der Waals surface area (Å²) in [4.78, 5) is 13.8. The maximum absolute atomic E-state index is 11.3. The van der Waals surface area contributed by atoms with Gasteiger partial charge in [0.1, 0.15) is 10.6 Å². The molecule has 3 N–H and O–H groups in total. The summed E-state index contributed by atoms with van der Waals surface area (Å²) in [6, 6.07) is 1.58. The molecule has 0 atom stereocenters. The molecule has 6 heteroatoms. The number of benzene rings is 1. The van der Waals surface area contributed by atoms with E-state index in [0.29, 0.717) is 12.1 Å². The first-order valence-electron chi connectivity index (χ1n) is 7.65. The lowest BCUT2D eigenvalue weighted by Gasteiger charge is -2.26. The van der Waals surface area contributed by atoms with Gasteiger partial charge >= 0.3 is 5.97 Å². The number of aromatic carboxylic acids is 1. The minimum Gasteiger partial charge on any atom is -0.494 e. The fourth-order valence-electron chi connectivity index (χ4n) is 2.94. The van der Waals surface area contributed by atoms with Crippen LogP contribution >= 0.6 is 11.6 Å². The van der Waals surface area contributed by atoms with Crippen molar-refractivity contribution in [3.8, 4) is 5.75 Å². The molecule has 2 rings (SSSR count). The number of anilines is 1. The number of likely N-dealkylation sites (tertiary alicyclic amines) is 1. The van der Waals surface area contributed by atoms with Crippen molar-refractivity contribution in [2.24, 2.45) is 0 Å². The van der Waals surface area contributed by atoms with E-state index in [0.717, 1.165) is 31.6 Å². The van der Waals surface area contributed by atoms with E-state index in [4.69, 9.17) is 22.1 Å². The predicted molar refractivity (Wildman–Crippen MR) is 88.0 cm³/mol. The number of carboxylic acids is 1. The van der Waals surface area contributed by atoms with E-state index >= 15 is 0 Å². The molecule has 0 bridgehead atoms. The Kier molecular flexibility index (Phi) is 5.91. The zero-order chi connectivity index (χ0) is 16.1. The molecular formula is C16H23ClN2O3. The number of nitrogens with two attached hydrogens (primary N) is 1. The molecule has 0 amide bonds. The fourth-order valence-corrected chi connectivity index (χ4v) is 3.24. The predicted octanol–water partition coefficient (Wildman–Crippen LogP) is 3.05. The maximum atomic E-state index is 11.3. The highest BCUT2D eigenvalue weighted by atomic mass is 35.5. The van der Waals surface area contributed by atoms with Crippen LogP contribution in [0.5, 0.6) is 5.75 Å². The zero-order valence-corrected chi connectivity index (χ0v) is 13.7. The van der Waals surface area contributed by atoms with E-state index < -0.39 is 5.97 Å². The average molecular weight is 327 g/mol. The Bertz CT molecular complexity index is 543. The Balaban J connectivity index is 2.08. The Morgan fingerprint density at radius 1 is 1.41 bits per heavy atom. The van der Waals surface area contributed by atoms with Crippen molar-refractivity contribution >= 4 is 23.3 Å². The number of rotatable bonds is 6. The third-order valence-electron chi connectivity index (χ3n) is 4.15. The van der Waals surface area contributed by atoms with Gasteiger partial charge in [0.05, 0.1) is 12.8 Å². The molecule has 0 unspecified atom stereocenters. The second-order valence-electron chi connectivity index (χ2n) is 5.66. The second-order valence-corrected chi connectivity index (χ2v) is 6.03. The normalized spacial score (nSPS) is 15.7. The van der Waals surface area contributed by atoms with E-state index in [-0.39, 0.29) is 16.3 Å². The average Bonchev–Trinajstić information content (AvgIpc) is 2.52. The van der Waals surface area contributed by atoms with Crippen LogP contribution in [0.2, 0.25) is 5.02 Å². The number of nitrogens with zero attached hydrogens (tertiary/aromatic N) is 1. The minimum absolute atomic E-state index is 0.0645. The highest BCUT2D eigenvalue weighted by molar-refractivity contribution is 6.35. The number of hydrogen-bond acceptors (Lipinski definition) is 4. The standard InChI is InChI=1S/C16H23ClN2O3/c1-22-15-12(16(20)21)10-11(14(18)13(15)17)6-5-9-19-7-3-2-4-8-19/h10H,2-9,18H2,1H3,(H,20,21). The van der Waals surface area contributed by atoms with Crippen LogP contribution in [0.1, 0.15) is 41.6 Å². The van der Waals surface area contributed by atoms with E-state index in [2.05, 4.69) is 4.90 Å². The number of ether oxygens (including phenoxy) is 1. The van der Waals surface area contributed by atoms with Crippen molar-refractivity contribution in [2.75, 3.05) is 32.5 Å². The van der Waals surface area contributed by atoms with Crippen LogP contribution in [0.25, 0.3) is 0 Å². The molecule has 22 heavy (non-hydrogen) atoms. The molecule has 0 saturated carbocycles. The molecular weight excluding hydrogens is 304 g/mol. The van der Waals surface area contributed by atoms with Crippen molar-refractivity contribution in [3.05, 3.63) is 22.2 Å². The first kappa shape index (κ1) is 16.9. The summed E-state index contributed by atoms with van der Waals surface area (Å²) in [6.07, 6.45) is 5.50. The van der Waals surface area contributed by atoms with Crippen LogP contribution in [0.15, 0.2) is 6.07 Å². The van der Waals surface area contributed by atoms with Gasteiger partial charge in [0.2, 0.25) is 0 Å². The van der Waals surface area contributed by atoms with Gasteiger partial charge in [0.25, 0.3) is 0 Å². The van der Waals surface area contributed by atoms with Crippen molar-refractivity contribution < 1.29 is 14.6 Å². The molecule has 1 aromatic rings. The topological polar surface area (TPSA) is 75.8 Å². The van der Waals surface area contributed by atoms with Crippen molar-refractivity contribution in [1.82, 2.24) is 4.90 Å². The van der Waals surface area contributed by atoms with Gasteiger partial charge in [-0.15, -0.1) is 0 Å². The lowest BCUT2D eigenvalue weighted by molar-refractivity contribution is 0.0693. The smallest absolute Gasteiger partial charge is 0.339 e. The molecule has 1 saturated heterocycles. The number of nitrogen functional groups attached to an aromatic ring is 1. The first-order chi connectivity index (χ1) is 10.5. The summed E-state index contributed by atoms with van der Waals surface area (Å²) < 4.78 is 5.07. The van der Waals surface area contributed by atoms with E-state index in [1.54, 1.807) is 6.07 Å². The summed E-state index contributed by atoms with van der Waals surface area (Å²) in [7, 11) is 1.39. The van der Waals surface area contributed by atoms with Gasteiger partial charge in [0.15, 0.2) is 5.75 Å². The largest absolute Gasteiger partial charge is 0.494 e. The number of carboxylic acid groups (broad SMARTS) is 1. The van der Waals surface area contributed by atoms with Gasteiger partial charge < -0.3 is 20.5 Å². The van der Waals surface area contributed by atoms with Crippen LogP contribution < -0.4 is 10.5 Å². The number of methoxy groups -OCH3 is 1. The number of hydrogen-bond donors (Lipinski definition) is 2. The minimum atomic E-state index is -1.06. The Morgan fingerprint density at radius 2 is 2.09 bits per heavy atom. The Hall–Kier alpha value is -1.46. The van der Waals surface area contributed by atoms with Crippen molar-refractivity contribution in [3.63, 3.8) is 0 Å². The third kappa shape index (κ3) is 3.84. The van der Waals surface area contributed by atoms with Crippen LogP contribution in [-0.4, -0.2) is 42.7 Å². The lowest BCUT2D eigenvalue weighted by atomic mass is 10.0. The first-order valence-corrected chi connectivity index (χ1v) is 8.03. The fraction of sp³-hybridized carbons (Fsp3) is 0.562. The summed E-state index contributed by atoms with van der Waals surface area (Å²) in [5, 5.41) is 9.47. The third-order valence-corrected chi connectivity index (χ3v) is 4.52. The van der Waals surface area contributed by atoms with Crippen LogP contribution in [0.3, 0.4) is 0 Å². The Morgan fingerprint density at radius 3 is 2.68 bits per heavy atom. The number of halogens is 1. The van der Waals surface area contributed by atoms with E-state index in [1.165, 1.54) is 26.4 Å². The second kappa shape index (κ2) is 7.70. The van der Waals surface area contributed by atoms with E-state index in [1.807, 2.05) is 0 Å². The summed E-state index contributed by atoms with van der Waals surface area (Å²) in [6.45, 7) is 3.31. The molecule has 0 aromatic heterocycles. The van der Waals surface area contributed by atoms with Gasteiger partial charge in [-0.3, -0.25) is 0 Å². The number of piperidine rings is 1. The lowest BCUT2D eigenvalue weighted by Crippen LogP contribution is -2.30. The van der Waals surface area contributed by atoms with Crippen molar-refractivity contribution in [2.45, 2.75) is 32.1 Å². The Labute approximate surface area is 136 Å². The molecule has 1 aliphatic rings. The number of aryl methyl sites for hydroxylation is 1. The molecule has 1 heterocycles. The van der Waals surface area contributed by atoms with Gasteiger partial charge in [-0.2, -0.15) is 0 Å². The highest BCUT2D eigenvalue weighted by Gasteiger charge is 2.20. The van der Waals surface area contributed by atoms with E-state index in [9.17, 15) is 9.90 Å². The molecule has 1 aromatic carbocycles. The SMILES string of the molecule is COc1c(C(=O)O)cc(CCCN2CCCCC2)c(N)c1Cl. The van der Waals surface area contributed by atoms with Gasteiger partial charge in [-0.1, -0.05) is 18.0 Å². The molecule has 5 nitrogen and oxygen atoms in total. The van der Waals surface area contributed by atoms with Crippen LogP contribution in [-0.2, 0) is 6.42 Å². The highest BCUT2D eigenvalue weighted by Crippen LogP contribution is 2.37. The summed E-state index contributed by atoms with van der Waals surface area (Å²) in [5.41, 5.74) is 7.29. The zero-order valence-electron chi connectivity index (χ0n) is 12.9. The maximum Gasteiger partial charge on any atom is 0.339 e. The molecule has 0 radical (unpaired) electrons. The monoisotopic (exact) mass is 326 g/mol. The quantitative estimate of drug-likeness (QED) is 0.786. The van der Waals surface area contributed by atoms with Gasteiger partial charge in [-0.25, -0.2) is 4.79 Å². The molecule has 1 aliphatic heterocycles. The molecule has 122 valence electrons. The van der Waals surface area contributed by atoms with Crippen LogP contribution in [0.4, 0.5) is 5.69 Å². The van der Waals surface area contributed by atoms with Gasteiger partial charge in [0, 0.05) is 0 Å². The van der Waals surface area contributed by atoms with Crippen molar-refractivity contribution in [1.29, 1.82) is 0 Å². The van der Waals surface area contributed by atoms with Gasteiger partial charge in [-0.05, 0) is 56.9 Å². The molecule has 0 aliphatic carbocycles. The molecule has 0 spiro atoms. The van der Waals surface area contributed by atoms with Crippen LogP contribution in [0, 0.1) is 0 Å².